The zero-order valence-electron chi connectivity index (χ0n) is 11.2. The summed E-state index contributed by atoms with van der Waals surface area (Å²) in [5.41, 5.74) is 0.602. The Hall–Kier alpha value is -1.62. The van der Waals surface area contributed by atoms with Crippen LogP contribution in [0.2, 0.25) is 0 Å². The predicted octanol–water partition coefficient (Wildman–Crippen LogP) is 1.67. The first kappa shape index (κ1) is 14.4. The molecule has 0 saturated carbocycles. The highest BCUT2D eigenvalue weighted by atomic mass is 16.5. The molecule has 1 heterocycles. The third-order valence-electron chi connectivity index (χ3n) is 2.38. The Morgan fingerprint density at radius 3 is 2.94 bits per heavy atom. The number of anilines is 1. The Labute approximate surface area is 108 Å². The van der Waals surface area contributed by atoms with Crippen molar-refractivity contribution >= 4 is 11.7 Å². The maximum atomic E-state index is 11.9. The van der Waals surface area contributed by atoms with E-state index in [-0.39, 0.29) is 12.0 Å². The van der Waals surface area contributed by atoms with Gasteiger partial charge in [-0.15, -0.1) is 0 Å². The van der Waals surface area contributed by atoms with Crippen LogP contribution in [0.1, 0.15) is 31.1 Å². The fourth-order valence-electron chi connectivity index (χ4n) is 1.53. The molecule has 0 fully saturated rings. The van der Waals surface area contributed by atoms with E-state index in [9.17, 15) is 4.79 Å². The van der Waals surface area contributed by atoms with Crippen LogP contribution in [0.5, 0.6) is 0 Å². The molecule has 0 saturated heterocycles. The van der Waals surface area contributed by atoms with Gasteiger partial charge < -0.3 is 15.4 Å². The van der Waals surface area contributed by atoms with Gasteiger partial charge in [0, 0.05) is 31.5 Å². The van der Waals surface area contributed by atoms with Gasteiger partial charge in [0.1, 0.15) is 5.82 Å². The summed E-state index contributed by atoms with van der Waals surface area (Å²) < 4.78 is 5.35. The SMILES string of the molecule is CCNc1cc(C(=O)NCC(C)OCC)ccn1. The molecule has 0 bridgehead atoms. The molecule has 0 spiro atoms. The molecule has 0 aliphatic rings. The smallest absolute Gasteiger partial charge is 0.251 e. The maximum Gasteiger partial charge on any atom is 0.251 e. The third kappa shape index (κ3) is 4.71. The number of hydrogen-bond donors (Lipinski definition) is 2. The predicted molar refractivity (Wildman–Crippen MR) is 71.8 cm³/mol. The average Bonchev–Trinajstić information content (AvgIpc) is 2.37. The molecule has 1 amide bonds. The molecule has 1 aromatic heterocycles. The first-order valence-electron chi connectivity index (χ1n) is 6.27. The van der Waals surface area contributed by atoms with Gasteiger partial charge in [0.15, 0.2) is 0 Å². The molecule has 5 nitrogen and oxygen atoms in total. The van der Waals surface area contributed by atoms with Crippen molar-refractivity contribution in [3.8, 4) is 0 Å². The summed E-state index contributed by atoms with van der Waals surface area (Å²) in [6.45, 7) is 7.78. The van der Waals surface area contributed by atoms with E-state index in [0.717, 1.165) is 6.54 Å². The summed E-state index contributed by atoms with van der Waals surface area (Å²) in [7, 11) is 0. The number of nitrogens with one attached hydrogen (secondary N) is 2. The van der Waals surface area contributed by atoms with E-state index in [4.69, 9.17) is 4.74 Å². The zero-order chi connectivity index (χ0) is 13.4. The normalized spacial score (nSPS) is 11.9. The summed E-state index contributed by atoms with van der Waals surface area (Å²) in [5.74, 6) is 0.603. The molecule has 0 aromatic carbocycles. The maximum absolute atomic E-state index is 11.9. The molecule has 1 atom stereocenters. The highest BCUT2D eigenvalue weighted by Crippen LogP contribution is 2.06. The van der Waals surface area contributed by atoms with Crippen LogP contribution >= 0.6 is 0 Å². The van der Waals surface area contributed by atoms with Crippen molar-refractivity contribution in [2.45, 2.75) is 26.9 Å². The van der Waals surface area contributed by atoms with Crippen molar-refractivity contribution < 1.29 is 9.53 Å². The van der Waals surface area contributed by atoms with Gasteiger partial charge in [0.05, 0.1) is 6.10 Å². The number of amides is 1. The summed E-state index contributed by atoms with van der Waals surface area (Å²) >= 11 is 0. The van der Waals surface area contributed by atoms with Crippen LogP contribution in [-0.4, -0.2) is 36.7 Å². The Kier molecular flexibility index (Phi) is 6.14. The molecule has 100 valence electrons. The Morgan fingerprint density at radius 1 is 1.50 bits per heavy atom. The molecule has 0 aliphatic heterocycles. The lowest BCUT2D eigenvalue weighted by Crippen LogP contribution is -2.32. The number of carbonyl (C=O) groups is 1. The number of pyridine rings is 1. The number of rotatable bonds is 7. The lowest BCUT2D eigenvalue weighted by atomic mass is 10.2. The van der Waals surface area contributed by atoms with Crippen LogP contribution in [0.25, 0.3) is 0 Å². The number of carbonyl (C=O) groups excluding carboxylic acids is 1. The van der Waals surface area contributed by atoms with Crippen LogP contribution in [0, 0.1) is 0 Å². The molecule has 18 heavy (non-hydrogen) atoms. The Morgan fingerprint density at radius 2 is 2.28 bits per heavy atom. The van der Waals surface area contributed by atoms with Crippen LogP contribution in [0.3, 0.4) is 0 Å². The Bertz CT molecular complexity index is 382. The number of ether oxygens (including phenoxy) is 1. The van der Waals surface area contributed by atoms with E-state index in [1.54, 1.807) is 18.3 Å². The zero-order valence-corrected chi connectivity index (χ0v) is 11.2. The summed E-state index contributed by atoms with van der Waals surface area (Å²) in [4.78, 5) is 16.0. The quantitative estimate of drug-likeness (QED) is 0.773. The Balaban J connectivity index is 2.53. The van der Waals surface area contributed by atoms with E-state index in [1.807, 2.05) is 20.8 Å². The highest BCUT2D eigenvalue weighted by molar-refractivity contribution is 5.94. The van der Waals surface area contributed by atoms with Gasteiger partial charge in [-0.2, -0.15) is 0 Å². The molecule has 0 radical (unpaired) electrons. The third-order valence-corrected chi connectivity index (χ3v) is 2.38. The van der Waals surface area contributed by atoms with Gasteiger partial charge in [0.25, 0.3) is 5.91 Å². The topological polar surface area (TPSA) is 63.2 Å². The molecule has 5 heteroatoms. The van der Waals surface area contributed by atoms with Crippen molar-refractivity contribution in [2.75, 3.05) is 25.0 Å². The number of nitrogens with zero attached hydrogens (tertiary/aromatic N) is 1. The van der Waals surface area contributed by atoms with Crippen LogP contribution in [-0.2, 0) is 4.74 Å². The second-order valence-electron chi connectivity index (χ2n) is 3.94. The molecular formula is C13H21N3O2. The van der Waals surface area contributed by atoms with Crippen molar-refractivity contribution in [3.05, 3.63) is 23.9 Å². The van der Waals surface area contributed by atoms with Crippen molar-refractivity contribution in [3.63, 3.8) is 0 Å². The van der Waals surface area contributed by atoms with Gasteiger partial charge in [-0.1, -0.05) is 0 Å². The van der Waals surface area contributed by atoms with Gasteiger partial charge in [0.2, 0.25) is 0 Å². The molecular weight excluding hydrogens is 230 g/mol. The van der Waals surface area contributed by atoms with Crippen molar-refractivity contribution in [2.24, 2.45) is 0 Å². The average molecular weight is 251 g/mol. The lowest BCUT2D eigenvalue weighted by molar-refractivity contribution is 0.0695. The first-order valence-corrected chi connectivity index (χ1v) is 6.27. The summed E-state index contributed by atoms with van der Waals surface area (Å²) in [5, 5.41) is 5.91. The largest absolute Gasteiger partial charge is 0.377 e. The van der Waals surface area contributed by atoms with Gasteiger partial charge in [-0.25, -0.2) is 4.98 Å². The standard InChI is InChI=1S/C13H21N3O2/c1-4-14-12-8-11(6-7-15-12)13(17)16-9-10(3)18-5-2/h6-8,10H,4-5,9H2,1-3H3,(H,14,15)(H,16,17). The lowest BCUT2D eigenvalue weighted by Gasteiger charge is -2.12. The van der Waals surface area contributed by atoms with Crippen LogP contribution in [0.4, 0.5) is 5.82 Å². The minimum Gasteiger partial charge on any atom is -0.377 e. The number of aromatic nitrogens is 1. The molecule has 1 unspecified atom stereocenters. The van der Waals surface area contributed by atoms with Crippen molar-refractivity contribution in [1.82, 2.24) is 10.3 Å². The minimum atomic E-state index is -0.108. The van der Waals surface area contributed by atoms with E-state index < -0.39 is 0 Å². The number of hydrogen-bond acceptors (Lipinski definition) is 4. The van der Waals surface area contributed by atoms with E-state index in [0.29, 0.717) is 24.5 Å². The van der Waals surface area contributed by atoms with Gasteiger partial charge >= 0.3 is 0 Å². The highest BCUT2D eigenvalue weighted by Gasteiger charge is 2.08. The summed E-state index contributed by atoms with van der Waals surface area (Å²) in [6.07, 6.45) is 1.65. The van der Waals surface area contributed by atoms with Gasteiger partial charge in [-0.3, -0.25) is 4.79 Å². The van der Waals surface area contributed by atoms with E-state index in [1.165, 1.54) is 0 Å². The molecule has 2 N–H and O–H groups in total. The van der Waals surface area contributed by atoms with Gasteiger partial charge in [-0.05, 0) is 32.9 Å². The molecule has 1 aromatic rings. The summed E-state index contributed by atoms with van der Waals surface area (Å²) in [6, 6.07) is 3.44. The molecule has 1 rings (SSSR count). The monoisotopic (exact) mass is 251 g/mol. The van der Waals surface area contributed by atoms with Crippen molar-refractivity contribution in [1.29, 1.82) is 0 Å². The second kappa shape index (κ2) is 7.66. The minimum absolute atomic E-state index is 0.0222. The van der Waals surface area contributed by atoms with E-state index >= 15 is 0 Å². The van der Waals surface area contributed by atoms with Crippen LogP contribution in [0.15, 0.2) is 18.3 Å². The molecule has 0 aliphatic carbocycles. The second-order valence-corrected chi connectivity index (χ2v) is 3.94. The first-order chi connectivity index (χ1) is 8.67. The van der Waals surface area contributed by atoms with Crippen LogP contribution < -0.4 is 10.6 Å². The fourth-order valence-corrected chi connectivity index (χ4v) is 1.53. The fraction of sp³-hybridized carbons (Fsp3) is 0.538. The van der Waals surface area contributed by atoms with E-state index in [2.05, 4.69) is 15.6 Å².